The molecule has 1 fully saturated rings. The summed E-state index contributed by atoms with van der Waals surface area (Å²) < 4.78 is 6.39. The highest BCUT2D eigenvalue weighted by Crippen LogP contribution is 2.42. The van der Waals surface area contributed by atoms with Gasteiger partial charge in [0.05, 0.1) is 29.2 Å². The molecule has 0 radical (unpaired) electrons. The number of aryl methyl sites for hydroxylation is 1. The summed E-state index contributed by atoms with van der Waals surface area (Å²) in [6, 6.07) is 12.8. The minimum absolute atomic E-state index is 0.186. The molecule has 5 rings (SSSR count). The van der Waals surface area contributed by atoms with Gasteiger partial charge in [0.2, 0.25) is 0 Å². The number of fused-ring (bicyclic) bond motifs is 1. The number of aliphatic hydroxyl groups is 1. The van der Waals surface area contributed by atoms with Gasteiger partial charge in [-0.2, -0.15) is 0 Å². The fourth-order valence-corrected chi connectivity index (χ4v) is 5.07. The van der Waals surface area contributed by atoms with Crippen LogP contribution < -0.4 is 10.1 Å². The van der Waals surface area contributed by atoms with Gasteiger partial charge in [0, 0.05) is 10.4 Å². The molecule has 1 unspecified atom stereocenters. The van der Waals surface area contributed by atoms with Crippen molar-refractivity contribution in [3.63, 3.8) is 0 Å². The van der Waals surface area contributed by atoms with Crippen LogP contribution in [-0.2, 0) is 6.42 Å². The lowest BCUT2D eigenvalue weighted by Crippen LogP contribution is -2.25. The molecule has 0 aliphatic heterocycles. The molecule has 1 heterocycles. The van der Waals surface area contributed by atoms with Crippen LogP contribution in [0, 0.1) is 0 Å². The number of aliphatic hydroxyl groups excluding tert-OH is 1. The number of hydrogen-bond donors (Lipinski definition) is 3. The van der Waals surface area contributed by atoms with Crippen LogP contribution in [-0.4, -0.2) is 27.3 Å². The van der Waals surface area contributed by atoms with Gasteiger partial charge in [0.1, 0.15) is 0 Å². The van der Waals surface area contributed by atoms with Crippen LogP contribution in [0.1, 0.15) is 59.1 Å². The largest absolute Gasteiger partial charge is 0.488 e. The number of carboxylic acids is 1. The monoisotopic (exact) mass is 436 g/mol. The van der Waals surface area contributed by atoms with E-state index >= 15 is 0 Å². The number of para-hydroxylation sites is 1. The third kappa shape index (κ3) is 4.03. The maximum atomic E-state index is 11.2. The van der Waals surface area contributed by atoms with Crippen LogP contribution in [0.4, 0.5) is 10.8 Å². The van der Waals surface area contributed by atoms with Gasteiger partial charge in [-0.1, -0.05) is 24.3 Å². The predicted octanol–water partition coefficient (Wildman–Crippen LogP) is 5.55. The zero-order chi connectivity index (χ0) is 21.4. The van der Waals surface area contributed by atoms with Crippen molar-refractivity contribution in [2.45, 2.75) is 50.7 Å². The van der Waals surface area contributed by atoms with Crippen molar-refractivity contribution >= 4 is 28.1 Å². The topological polar surface area (TPSA) is 91.7 Å². The Balaban J connectivity index is 1.51. The molecule has 6 nitrogen and oxygen atoms in total. The summed E-state index contributed by atoms with van der Waals surface area (Å²) in [5.74, 6) is -0.188. The summed E-state index contributed by atoms with van der Waals surface area (Å²) in [5, 5.41) is 23.6. The molecular formula is C24H24N2O4S. The van der Waals surface area contributed by atoms with E-state index in [2.05, 4.69) is 10.3 Å². The van der Waals surface area contributed by atoms with Gasteiger partial charge in [0.25, 0.3) is 0 Å². The number of benzene rings is 2. The first kappa shape index (κ1) is 20.0. The standard InChI is InChI=1S/C24H24N2O4S/c27-19-8-3-9-20-21(19)26-24(31-20)25-18-7-2-6-17(22(18)30-16-4-1-5-16)14-10-12-15(13-11-14)23(28)29/h2,6-7,10-13,16,19,27H,1,3-5,8-9H2,(H,25,26)(H,28,29). The molecule has 1 aromatic heterocycles. The normalized spacial score (nSPS) is 18.2. The average molecular weight is 437 g/mol. The van der Waals surface area contributed by atoms with E-state index in [0.717, 1.165) is 70.4 Å². The highest BCUT2D eigenvalue weighted by Gasteiger charge is 2.25. The fraction of sp³-hybridized carbons (Fsp3) is 0.333. The summed E-state index contributed by atoms with van der Waals surface area (Å²) in [4.78, 5) is 17.0. The zero-order valence-corrected chi connectivity index (χ0v) is 17.8. The fourth-order valence-electron chi connectivity index (χ4n) is 4.00. The highest BCUT2D eigenvalue weighted by atomic mass is 32.1. The molecule has 2 aliphatic carbocycles. The van der Waals surface area contributed by atoms with Gasteiger partial charge in [-0.05, 0) is 62.3 Å². The molecule has 1 atom stereocenters. The van der Waals surface area contributed by atoms with Crippen molar-refractivity contribution in [2.75, 3.05) is 5.32 Å². The van der Waals surface area contributed by atoms with Crippen LogP contribution >= 0.6 is 11.3 Å². The lowest BCUT2D eigenvalue weighted by Gasteiger charge is -2.29. The van der Waals surface area contributed by atoms with E-state index in [4.69, 9.17) is 4.74 Å². The number of rotatable bonds is 6. The van der Waals surface area contributed by atoms with Gasteiger partial charge >= 0.3 is 5.97 Å². The third-order valence-corrected chi connectivity index (χ3v) is 7.01. The Morgan fingerprint density at radius 2 is 1.90 bits per heavy atom. The van der Waals surface area contributed by atoms with E-state index in [1.807, 2.05) is 30.3 Å². The average Bonchev–Trinajstić information content (AvgIpc) is 3.15. The Morgan fingerprint density at radius 3 is 2.58 bits per heavy atom. The van der Waals surface area contributed by atoms with E-state index < -0.39 is 12.1 Å². The van der Waals surface area contributed by atoms with E-state index in [1.165, 1.54) is 6.42 Å². The van der Waals surface area contributed by atoms with Gasteiger partial charge in [-0.15, -0.1) is 11.3 Å². The lowest BCUT2D eigenvalue weighted by atomic mass is 9.95. The molecule has 3 N–H and O–H groups in total. The van der Waals surface area contributed by atoms with Gasteiger partial charge < -0.3 is 20.3 Å². The van der Waals surface area contributed by atoms with Crippen molar-refractivity contribution < 1.29 is 19.7 Å². The highest BCUT2D eigenvalue weighted by molar-refractivity contribution is 7.15. The Kier molecular flexibility index (Phi) is 5.38. The second kappa shape index (κ2) is 8.32. The zero-order valence-electron chi connectivity index (χ0n) is 17.0. The molecule has 160 valence electrons. The molecule has 1 saturated carbocycles. The number of thiazole rings is 1. The van der Waals surface area contributed by atoms with Crippen LogP contribution in [0.15, 0.2) is 42.5 Å². The van der Waals surface area contributed by atoms with Gasteiger partial charge in [0.15, 0.2) is 10.9 Å². The number of carboxylic acid groups (broad SMARTS) is 1. The summed E-state index contributed by atoms with van der Waals surface area (Å²) in [7, 11) is 0. The van der Waals surface area contributed by atoms with Crippen molar-refractivity contribution in [3.8, 4) is 16.9 Å². The number of nitrogens with zero attached hydrogens (tertiary/aromatic N) is 1. The lowest BCUT2D eigenvalue weighted by molar-refractivity contribution is 0.0697. The molecule has 0 amide bonds. The maximum absolute atomic E-state index is 11.2. The SMILES string of the molecule is O=C(O)c1ccc(-c2cccc(Nc3nc4c(s3)CCCC4O)c2OC2CCC2)cc1. The number of aromatic carboxylic acids is 1. The first-order valence-electron chi connectivity index (χ1n) is 10.7. The summed E-state index contributed by atoms with van der Waals surface area (Å²) in [5.41, 5.74) is 3.69. The molecular weight excluding hydrogens is 412 g/mol. The van der Waals surface area contributed by atoms with E-state index in [0.29, 0.717) is 0 Å². The Bertz CT molecular complexity index is 1110. The van der Waals surface area contributed by atoms with Crippen molar-refractivity contribution in [1.82, 2.24) is 4.98 Å². The smallest absolute Gasteiger partial charge is 0.335 e. The first-order valence-corrected chi connectivity index (χ1v) is 11.5. The Labute approximate surface area is 184 Å². The molecule has 0 spiro atoms. The quantitative estimate of drug-likeness (QED) is 0.469. The number of carbonyl (C=O) groups is 1. The van der Waals surface area contributed by atoms with E-state index in [-0.39, 0.29) is 11.7 Å². The molecule has 0 saturated heterocycles. The van der Waals surface area contributed by atoms with Crippen molar-refractivity contribution in [2.24, 2.45) is 0 Å². The van der Waals surface area contributed by atoms with Crippen molar-refractivity contribution in [1.29, 1.82) is 0 Å². The second-order valence-corrected chi connectivity index (χ2v) is 9.18. The number of nitrogens with one attached hydrogen (secondary N) is 1. The minimum atomic E-state index is -0.942. The Hall–Kier alpha value is -2.90. The van der Waals surface area contributed by atoms with Crippen LogP contribution in [0.2, 0.25) is 0 Å². The molecule has 3 aromatic rings. The summed E-state index contributed by atoms with van der Waals surface area (Å²) in [6.07, 6.45) is 5.62. The molecule has 2 aliphatic rings. The van der Waals surface area contributed by atoms with Gasteiger partial charge in [-0.25, -0.2) is 9.78 Å². The van der Waals surface area contributed by atoms with Crippen LogP contribution in [0.25, 0.3) is 11.1 Å². The van der Waals surface area contributed by atoms with E-state index in [1.54, 1.807) is 23.5 Å². The molecule has 0 bridgehead atoms. The third-order valence-electron chi connectivity index (χ3n) is 5.96. The maximum Gasteiger partial charge on any atom is 0.335 e. The van der Waals surface area contributed by atoms with Crippen LogP contribution in [0.3, 0.4) is 0 Å². The van der Waals surface area contributed by atoms with Crippen LogP contribution in [0.5, 0.6) is 5.75 Å². The van der Waals surface area contributed by atoms with Crippen molar-refractivity contribution in [3.05, 3.63) is 58.6 Å². The van der Waals surface area contributed by atoms with Gasteiger partial charge in [-0.3, -0.25) is 0 Å². The molecule has 2 aromatic carbocycles. The predicted molar refractivity (Wildman–Crippen MR) is 120 cm³/mol. The number of hydrogen-bond acceptors (Lipinski definition) is 6. The number of anilines is 2. The summed E-state index contributed by atoms with van der Waals surface area (Å²) in [6.45, 7) is 0. The minimum Gasteiger partial charge on any atom is -0.488 e. The Morgan fingerprint density at radius 1 is 1.10 bits per heavy atom. The first-order chi connectivity index (χ1) is 15.1. The second-order valence-electron chi connectivity index (χ2n) is 8.10. The number of aromatic nitrogens is 1. The van der Waals surface area contributed by atoms with E-state index in [9.17, 15) is 15.0 Å². The molecule has 31 heavy (non-hydrogen) atoms. The number of ether oxygens (including phenoxy) is 1. The summed E-state index contributed by atoms with van der Waals surface area (Å²) >= 11 is 1.59. The molecule has 7 heteroatoms.